The lowest BCUT2D eigenvalue weighted by molar-refractivity contribution is -0.176. The number of nitrogens with zero attached hydrogens (tertiary/aromatic N) is 2. The molecule has 0 N–H and O–H groups in total. The van der Waals surface area contributed by atoms with Gasteiger partial charge in [-0.1, -0.05) is 111 Å². The molecule has 1 aromatic rings. The summed E-state index contributed by atoms with van der Waals surface area (Å²) in [6.45, 7) is 30.9. The van der Waals surface area contributed by atoms with Crippen LogP contribution in [0.1, 0.15) is 160 Å². The molecule has 0 saturated heterocycles. The first-order valence-corrected chi connectivity index (χ1v) is 17.4. The molecule has 7 aliphatic carbocycles. The highest BCUT2D eigenvalue weighted by Crippen LogP contribution is 2.72. The maximum Gasteiger partial charge on any atom is 0.0951 e. The normalized spacial score (nSPS) is 28.1. The van der Waals surface area contributed by atoms with Crippen molar-refractivity contribution in [1.82, 2.24) is 9.55 Å². The molecule has 4 saturated carbocycles. The molecule has 0 amide bonds. The van der Waals surface area contributed by atoms with Crippen LogP contribution in [0, 0.1) is 22.7 Å². The molecule has 44 heavy (non-hydrogen) atoms. The van der Waals surface area contributed by atoms with E-state index in [1.807, 2.05) is 6.33 Å². The Morgan fingerprint density at radius 2 is 1.11 bits per heavy atom. The van der Waals surface area contributed by atoms with Gasteiger partial charge in [-0.2, -0.15) is 0 Å². The summed E-state index contributed by atoms with van der Waals surface area (Å²) >= 11 is 0. The number of hydrogen-bond donors (Lipinski definition) is 0. The standard InChI is InChI=1S/C9H16N2.C7H12.3C7H10.C5H10/c1-7(2)9-5-11(6-10-9)8(3)4;1-6-3-7(2,4-6)5-6;3*1-6-3-4-7(2)5-6;1-4-3-5(4)2/h5-8H,1-4H3;3-5H2,1-2H3;2*3,5H,4H2,1-2H3;3-4H,5H2,1-2H3;4-5H,3H2,1-2H3. The Morgan fingerprint density at radius 3 is 1.23 bits per heavy atom. The molecule has 2 unspecified atom stereocenters. The summed E-state index contributed by atoms with van der Waals surface area (Å²) in [5.41, 5.74) is 11.6. The van der Waals surface area contributed by atoms with E-state index >= 15 is 0 Å². The molecular weight excluding hydrogens is 532 g/mol. The summed E-state index contributed by atoms with van der Waals surface area (Å²) < 4.78 is 2.13. The van der Waals surface area contributed by atoms with E-state index in [4.69, 9.17) is 0 Å². The van der Waals surface area contributed by atoms with Crippen molar-refractivity contribution in [3.8, 4) is 0 Å². The second-order valence-electron chi connectivity index (χ2n) is 16.3. The van der Waals surface area contributed by atoms with Crippen LogP contribution in [0.5, 0.6) is 0 Å². The van der Waals surface area contributed by atoms with Crippen molar-refractivity contribution >= 4 is 0 Å². The Hall–Kier alpha value is -2.35. The van der Waals surface area contributed by atoms with Gasteiger partial charge in [0.1, 0.15) is 0 Å². The molecule has 8 rings (SSSR count). The summed E-state index contributed by atoms with van der Waals surface area (Å²) in [5, 5.41) is 0. The third-order valence-corrected chi connectivity index (χ3v) is 9.53. The fourth-order valence-electron chi connectivity index (χ4n) is 6.88. The minimum absolute atomic E-state index is 0.523. The third kappa shape index (κ3) is 13.7. The predicted molar refractivity (Wildman–Crippen MR) is 196 cm³/mol. The summed E-state index contributed by atoms with van der Waals surface area (Å²) in [5.74, 6) is 2.64. The van der Waals surface area contributed by atoms with E-state index in [1.165, 1.54) is 84.1 Å². The summed E-state index contributed by atoms with van der Waals surface area (Å²) in [4.78, 5) is 4.30. The van der Waals surface area contributed by atoms with Crippen LogP contribution in [0.15, 0.2) is 82.4 Å². The lowest BCUT2D eigenvalue weighted by Gasteiger charge is -2.68. The van der Waals surface area contributed by atoms with Crippen LogP contribution in [-0.4, -0.2) is 9.55 Å². The van der Waals surface area contributed by atoms with E-state index in [9.17, 15) is 0 Å². The number of allylic oxidation sites excluding steroid dienone is 12. The van der Waals surface area contributed by atoms with Crippen molar-refractivity contribution in [3.05, 3.63) is 88.1 Å². The SMILES string of the molecule is CC(C)c1cn(C(C)C)cn1.CC12CC(C)(C1)C2.CC1=CC=C(C)C1.CC1=CCC(C)=C1.CC1=CCC(C)=C1.CC1CC1C. The van der Waals surface area contributed by atoms with E-state index in [-0.39, 0.29) is 0 Å². The summed E-state index contributed by atoms with van der Waals surface area (Å²) in [6, 6.07) is 0.523. The molecule has 0 aromatic carbocycles. The van der Waals surface area contributed by atoms with Crippen molar-refractivity contribution in [2.45, 2.75) is 154 Å². The van der Waals surface area contributed by atoms with Crippen molar-refractivity contribution in [3.63, 3.8) is 0 Å². The van der Waals surface area contributed by atoms with Gasteiger partial charge in [0, 0.05) is 12.2 Å². The monoisotopic (exact) mass is 601 g/mol. The molecule has 2 heteroatoms. The fraction of sp³-hybridized carbons (Fsp3) is 0.643. The van der Waals surface area contributed by atoms with E-state index in [1.54, 1.807) is 0 Å². The first-order chi connectivity index (χ1) is 20.4. The first kappa shape index (κ1) is 37.8. The number of imidazole rings is 1. The van der Waals surface area contributed by atoms with Crippen LogP contribution in [0.4, 0.5) is 0 Å². The molecule has 246 valence electrons. The van der Waals surface area contributed by atoms with Crippen LogP contribution >= 0.6 is 0 Å². The van der Waals surface area contributed by atoms with Crippen molar-refractivity contribution in [2.24, 2.45) is 22.7 Å². The van der Waals surface area contributed by atoms with Gasteiger partial charge >= 0.3 is 0 Å². The highest BCUT2D eigenvalue weighted by molar-refractivity contribution is 5.30. The molecule has 2 nitrogen and oxygen atoms in total. The predicted octanol–water partition coefficient (Wildman–Crippen LogP) is 13.3. The van der Waals surface area contributed by atoms with Gasteiger partial charge in [0.05, 0.1) is 12.0 Å². The van der Waals surface area contributed by atoms with Gasteiger partial charge in [-0.15, -0.1) is 0 Å². The maximum atomic E-state index is 4.30. The van der Waals surface area contributed by atoms with Crippen LogP contribution in [0.25, 0.3) is 0 Å². The first-order valence-electron chi connectivity index (χ1n) is 17.4. The molecule has 0 radical (unpaired) electrons. The van der Waals surface area contributed by atoms with Gasteiger partial charge in [-0.05, 0) is 129 Å². The topological polar surface area (TPSA) is 17.8 Å². The Labute approximate surface area is 273 Å². The van der Waals surface area contributed by atoms with Crippen LogP contribution in [-0.2, 0) is 0 Å². The molecule has 2 bridgehead atoms. The highest BCUT2D eigenvalue weighted by atomic mass is 15.1. The van der Waals surface area contributed by atoms with Gasteiger partial charge in [0.15, 0.2) is 0 Å². The Morgan fingerprint density at radius 1 is 0.705 bits per heavy atom. The van der Waals surface area contributed by atoms with Gasteiger partial charge in [-0.3, -0.25) is 0 Å². The Balaban J connectivity index is 0.000000187. The molecule has 2 atom stereocenters. The molecule has 0 aliphatic heterocycles. The van der Waals surface area contributed by atoms with Gasteiger partial charge in [-0.25, -0.2) is 4.98 Å². The minimum atomic E-state index is 0.523. The van der Waals surface area contributed by atoms with E-state index < -0.39 is 0 Å². The number of aromatic nitrogens is 2. The maximum absolute atomic E-state index is 4.30. The Bertz CT molecular complexity index is 1140. The summed E-state index contributed by atoms with van der Waals surface area (Å²) in [7, 11) is 0. The molecule has 7 aliphatic rings. The minimum Gasteiger partial charge on any atom is -0.335 e. The summed E-state index contributed by atoms with van der Waals surface area (Å²) in [6.07, 6.45) is 26.9. The zero-order valence-corrected chi connectivity index (χ0v) is 31.3. The third-order valence-electron chi connectivity index (χ3n) is 9.53. The van der Waals surface area contributed by atoms with E-state index in [0.29, 0.717) is 12.0 Å². The zero-order chi connectivity index (χ0) is 33.2. The van der Waals surface area contributed by atoms with Crippen LogP contribution in [0.2, 0.25) is 0 Å². The quantitative estimate of drug-likeness (QED) is 0.330. The second kappa shape index (κ2) is 16.8. The second-order valence-corrected chi connectivity index (χ2v) is 16.3. The number of hydrogen-bond acceptors (Lipinski definition) is 1. The average Bonchev–Trinajstić information content (AvgIpc) is 3.44. The highest BCUT2D eigenvalue weighted by Gasteiger charge is 2.61. The molecule has 1 heterocycles. The van der Waals surface area contributed by atoms with Gasteiger partial charge < -0.3 is 4.57 Å². The lowest BCUT2D eigenvalue weighted by Crippen LogP contribution is -2.57. The molecule has 0 spiro atoms. The smallest absolute Gasteiger partial charge is 0.0951 e. The van der Waals surface area contributed by atoms with Crippen molar-refractivity contribution in [2.75, 3.05) is 0 Å². The Kier molecular flexibility index (Phi) is 14.5. The lowest BCUT2D eigenvalue weighted by atomic mass is 9.37. The van der Waals surface area contributed by atoms with Crippen LogP contribution in [0.3, 0.4) is 0 Å². The van der Waals surface area contributed by atoms with E-state index in [0.717, 1.165) is 22.7 Å². The molecular formula is C42H68N2. The molecule has 4 fully saturated rings. The molecule has 1 aromatic heterocycles. The van der Waals surface area contributed by atoms with Crippen molar-refractivity contribution < 1.29 is 0 Å². The van der Waals surface area contributed by atoms with Gasteiger partial charge in [0.2, 0.25) is 0 Å². The van der Waals surface area contributed by atoms with Crippen LogP contribution < -0.4 is 0 Å². The van der Waals surface area contributed by atoms with Gasteiger partial charge in [0.25, 0.3) is 0 Å². The van der Waals surface area contributed by atoms with Crippen molar-refractivity contribution in [1.29, 1.82) is 0 Å². The van der Waals surface area contributed by atoms with E-state index in [2.05, 4.69) is 149 Å². The largest absolute Gasteiger partial charge is 0.335 e. The average molecular weight is 601 g/mol. The zero-order valence-electron chi connectivity index (χ0n) is 31.3. The number of rotatable bonds is 2. The fourth-order valence-corrected chi connectivity index (χ4v) is 6.88.